The Kier molecular flexibility index (Phi) is 7.66. The zero-order valence-electron chi connectivity index (χ0n) is 8.41. The fourth-order valence-corrected chi connectivity index (χ4v) is 1.18. The van der Waals surface area contributed by atoms with Crippen LogP contribution < -0.4 is 5.32 Å². The van der Waals surface area contributed by atoms with Gasteiger partial charge < -0.3 is 15.3 Å². The van der Waals surface area contributed by atoms with Gasteiger partial charge in [-0.1, -0.05) is 0 Å². The first-order valence-electron chi connectivity index (χ1n) is 4.39. The molecule has 0 aliphatic heterocycles. The summed E-state index contributed by atoms with van der Waals surface area (Å²) in [5, 5.41) is 11.0. The lowest BCUT2D eigenvalue weighted by molar-refractivity contribution is -0.143. The maximum absolute atomic E-state index is 11.2. The molecule has 92 valence electrons. The molecule has 0 heterocycles. The monoisotopic (exact) mass is 270 g/mol. The van der Waals surface area contributed by atoms with Crippen molar-refractivity contribution in [3.05, 3.63) is 0 Å². The quantitative estimate of drug-likeness (QED) is 0.611. The van der Waals surface area contributed by atoms with Crippen molar-refractivity contribution in [1.29, 1.82) is 0 Å². The largest absolute Gasteiger partial charge is 0.480 e. The molecule has 0 bridgehead atoms. The summed E-state index contributed by atoms with van der Waals surface area (Å²) in [6.45, 7) is -0.218. The van der Waals surface area contributed by atoms with E-state index in [0.717, 1.165) is 4.90 Å². The molecule has 0 fully saturated rings. The highest BCUT2D eigenvalue weighted by molar-refractivity contribution is 6.27. The molecule has 2 amide bonds. The lowest BCUT2D eigenvalue weighted by atomic mass is 10.4. The number of hydrogen-bond donors (Lipinski definition) is 2. The number of alkyl halides is 2. The van der Waals surface area contributed by atoms with Gasteiger partial charge in [0.05, 0.1) is 0 Å². The average molecular weight is 271 g/mol. The van der Waals surface area contributed by atoms with Gasteiger partial charge in [-0.15, -0.1) is 23.2 Å². The third-order valence-electron chi connectivity index (χ3n) is 1.62. The van der Waals surface area contributed by atoms with Crippen LogP contribution >= 0.6 is 23.2 Å². The Bertz CT molecular complexity index is 273. The molecular formula is C8H12Cl2N2O4. The third-order valence-corrected chi connectivity index (χ3v) is 2.09. The predicted octanol–water partition coefficient (Wildman–Crippen LogP) is -0.507. The Hall–Kier alpha value is -1.01. The van der Waals surface area contributed by atoms with Gasteiger partial charge in [0.25, 0.3) is 0 Å². The van der Waals surface area contributed by atoms with Gasteiger partial charge in [-0.05, 0) is 0 Å². The lowest BCUT2D eigenvalue weighted by Crippen LogP contribution is -2.42. The Morgan fingerprint density at radius 1 is 1.19 bits per heavy atom. The van der Waals surface area contributed by atoms with Gasteiger partial charge in [-0.25, -0.2) is 0 Å². The van der Waals surface area contributed by atoms with Gasteiger partial charge in [0, 0.05) is 13.1 Å². The third kappa shape index (κ3) is 6.47. The number of amides is 2. The van der Waals surface area contributed by atoms with Gasteiger partial charge in [0.15, 0.2) is 0 Å². The molecule has 0 radical (unpaired) electrons. The van der Waals surface area contributed by atoms with Crippen LogP contribution in [0.1, 0.15) is 0 Å². The van der Waals surface area contributed by atoms with Gasteiger partial charge in [0.1, 0.15) is 18.3 Å². The molecule has 2 N–H and O–H groups in total. The van der Waals surface area contributed by atoms with Crippen molar-refractivity contribution in [2.75, 3.05) is 31.4 Å². The minimum atomic E-state index is -1.14. The molecule has 0 aliphatic carbocycles. The number of rotatable bonds is 7. The van der Waals surface area contributed by atoms with Crippen LogP contribution in [0.25, 0.3) is 0 Å². The van der Waals surface area contributed by atoms with Crippen LogP contribution in [0.15, 0.2) is 0 Å². The maximum Gasteiger partial charge on any atom is 0.323 e. The van der Waals surface area contributed by atoms with E-state index in [-0.39, 0.29) is 30.8 Å². The fourth-order valence-electron chi connectivity index (χ4n) is 0.917. The van der Waals surface area contributed by atoms with Crippen LogP contribution in [0.4, 0.5) is 0 Å². The van der Waals surface area contributed by atoms with E-state index in [2.05, 4.69) is 5.32 Å². The summed E-state index contributed by atoms with van der Waals surface area (Å²) in [5.41, 5.74) is 0. The Morgan fingerprint density at radius 3 is 2.25 bits per heavy atom. The normalized spacial score (nSPS) is 9.62. The first-order valence-corrected chi connectivity index (χ1v) is 5.46. The second-order valence-corrected chi connectivity index (χ2v) is 3.36. The fraction of sp³-hybridized carbons (Fsp3) is 0.625. The van der Waals surface area contributed by atoms with Gasteiger partial charge >= 0.3 is 5.97 Å². The van der Waals surface area contributed by atoms with Gasteiger partial charge in [-0.3, -0.25) is 14.4 Å². The van der Waals surface area contributed by atoms with E-state index in [1.165, 1.54) is 0 Å². The molecule has 0 aliphatic rings. The first kappa shape index (κ1) is 15.0. The summed E-state index contributed by atoms with van der Waals surface area (Å²) >= 11 is 10.5. The van der Waals surface area contributed by atoms with Crippen LogP contribution in [0.5, 0.6) is 0 Å². The highest BCUT2D eigenvalue weighted by atomic mass is 35.5. The summed E-state index contributed by atoms with van der Waals surface area (Å²) < 4.78 is 0. The molecule has 6 nitrogen and oxygen atoms in total. The Balaban J connectivity index is 4.06. The van der Waals surface area contributed by atoms with Crippen LogP contribution in [0.2, 0.25) is 0 Å². The SMILES string of the molecule is O=C(O)CN(CCNC(=O)CCl)C(=O)CCl. The smallest absolute Gasteiger partial charge is 0.323 e. The molecule has 0 aromatic carbocycles. The topological polar surface area (TPSA) is 86.7 Å². The predicted molar refractivity (Wildman–Crippen MR) is 58.7 cm³/mol. The first-order chi connectivity index (χ1) is 7.51. The molecule has 0 saturated heterocycles. The van der Waals surface area contributed by atoms with E-state index in [0.29, 0.717) is 0 Å². The van der Waals surface area contributed by atoms with Gasteiger partial charge in [-0.2, -0.15) is 0 Å². The maximum atomic E-state index is 11.2. The zero-order chi connectivity index (χ0) is 12.6. The van der Waals surface area contributed by atoms with Crippen molar-refractivity contribution in [1.82, 2.24) is 10.2 Å². The van der Waals surface area contributed by atoms with E-state index in [4.69, 9.17) is 28.3 Å². The number of nitrogens with zero attached hydrogens (tertiary/aromatic N) is 1. The van der Waals surface area contributed by atoms with Crippen LogP contribution in [-0.2, 0) is 14.4 Å². The summed E-state index contributed by atoms with van der Waals surface area (Å²) in [6.07, 6.45) is 0. The number of aliphatic carboxylic acids is 1. The van der Waals surface area contributed by atoms with E-state index in [9.17, 15) is 14.4 Å². The number of hydrogen-bond acceptors (Lipinski definition) is 3. The summed E-state index contributed by atoms with van der Waals surface area (Å²) in [7, 11) is 0. The van der Waals surface area contributed by atoms with Crippen LogP contribution in [-0.4, -0.2) is 59.2 Å². The number of halogens is 2. The number of carbonyl (C=O) groups excluding carboxylic acids is 2. The average Bonchev–Trinajstić information content (AvgIpc) is 2.25. The van der Waals surface area contributed by atoms with E-state index in [1.807, 2.05) is 0 Å². The lowest BCUT2D eigenvalue weighted by Gasteiger charge is -2.19. The minimum Gasteiger partial charge on any atom is -0.480 e. The number of carboxylic acids is 1. The van der Waals surface area contributed by atoms with E-state index < -0.39 is 18.4 Å². The van der Waals surface area contributed by atoms with Crippen molar-refractivity contribution in [2.24, 2.45) is 0 Å². The highest BCUT2D eigenvalue weighted by Gasteiger charge is 2.15. The zero-order valence-corrected chi connectivity index (χ0v) is 9.92. The molecule has 0 saturated carbocycles. The van der Waals surface area contributed by atoms with Crippen molar-refractivity contribution in [2.45, 2.75) is 0 Å². The van der Waals surface area contributed by atoms with Crippen molar-refractivity contribution in [3.63, 3.8) is 0 Å². The molecule has 0 spiro atoms. The Labute approximate surface area is 102 Å². The number of nitrogens with one attached hydrogen (secondary N) is 1. The Morgan fingerprint density at radius 2 is 1.81 bits per heavy atom. The molecule has 0 unspecified atom stereocenters. The molecule has 0 aromatic rings. The second-order valence-electron chi connectivity index (χ2n) is 2.83. The molecule has 0 aromatic heterocycles. The molecule has 0 rings (SSSR count). The van der Waals surface area contributed by atoms with Crippen molar-refractivity contribution >= 4 is 41.0 Å². The highest BCUT2D eigenvalue weighted by Crippen LogP contribution is 1.92. The number of carbonyl (C=O) groups is 3. The number of carboxylic acid groups (broad SMARTS) is 1. The molecule has 16 heavy (non-hydrogen) atoms. The van der Waals surface area contributed by atoms with E-state index in [1.54, 1.807) is 0 Å². The summed E-state index contributed by atoms with van der Waals surface area (Å²) in [6, 6.07) is 0. The second kappa shape index (κ2) is 8.18. The van der Waals surface area contributed by atoms with E-state index >= 15 is 0 Å². The molecular weight excluding hydrogens is 259 g/mol. The summed E-state index contributed by atoms with van der Waals surface area (Å²) in [5.74, 6) is -2.49. The van der Waals surface area contributed by atoms with Crippen LogP contribution in [0, 0.1) is 0 Å². The standard InChI is InChI=1S/C8H12Cl2N2O4/c9-3-6(13)11-1-2-12(5-8(15)16)7(14)4-10/h1-5H2,(H,11,13)(H,15,16). The molecule has 8 heteroatoms. The van der Waals surface area contributed by atoms with Crippen molar-refractivity contribution < 1.29 is 19.5 Å². The minimum absolute atomic E-state index is 0.0838. The van der Waals surface area contributed by atoms with Gasteiger partial charge in [0.2, 0.25) is 11.8 Å². The van der Waals surface area contributed by atoms with Crippen LogP contribution in [0.3, 0.4) is 0 Å². The molecule has 0 atom stereocenters. The van der Waals surface area contributed by atoms with Crippen molar-refractivity contribution in [3.8, 4) is 0 Å². The summed E-state index contributed by atoms with van der Waals surface area (Å²) in [4.78, 5) is 33.4.